The lowest BCUT2D eigenvalue weighted by molar-refractivity contribution is 0.0697. The smallest absolute Gasteiger partial charge is 0.336 e. The predicted molar refractivity (Wildman–Crippen MR) is 73.0 cm³/mol. The Balaban J connectivity index is 1.86. The number of hydrogen-bond donors (Lipinski definition) is 2. The first kappa shape index (κ1) is 12.8. The van der Waals surface area contributed by atoms with Gasteiger partial charge in [-0.1, -0.05) is 29.8 Å². The van der Waals surface area contributed by atoms with Crippen LogP contribution in [-0.4, -0.2) is 11.1 Å². The third-order valence-electron chi connectivity index (χ3n) is 2.61. The van der Waals surface area contributed by atoms with Gasteiger partial charge in [0.2, 0.25) is 0 Å². The lowest BCUT2D eigenvalue weighted by Gasteiger charge is -2.04. The molecule has 0 amide bonds. The van der Waals surface area contributed by atoms with Gasteiger partial charge >= 0.3 is 5.97 Å². The molecule has 0 bridgehead atoms. The molecular weight excluding hydrogens is 246 g/mol. The van der Waals surface area contributed by atoms with Gasteiger partial charge in [-0.15, -0.1) is 11.3 Å². The molecule has 0 unspecified atom stereocenters. The zero-order valence-electron chi connectivity index (χ0n) is 10.1. The number of nitrogens with one attached hydrogen (secondary N) is 1. The van der Waals surface area contributed by atoms with Gasteiger partial charge in [-0.05, 0) is 18.6 Å². The number of thiophene rings is 1. The molecule has 4 heteroatoms. The normalized spacial score (nSPS) is 10.5. The van der Waals surface area contributed by atoms with E-state index < -0.39 is 5.97 Å². The van der Waals surface area contributed by atoms with E-state index in [1.54, 1.807) is 11.4 Å². The second kappa shape index (κ2) is 5.80. The van der Waals surface area contributed by atoms with Crippen molar-refractivity contribution >= 4 is 17.3 Å². The highest BCUT2D eigenvalue weighted by atomic mass is 32.1. The summed E-state index contributed by atoms with van der Waals surface area (Å²) in [7, 11) is 0. The van der Waals surface area contributed by atoms with Gasteiger partial charge in [0.25, 0.3) is 0 Å². The van der Waals surface area contributed by atoms with Gasteiger partial charge in [0.15, 0.2) is 0 Å². The lowest BCUT2D eigenvalue weighted by atomic mass is 10.1. The number of carboxylic acid groups (broad SMARTS) is 1. The van der Waals surface area contributed by atoms with Crippen LogP contribution in [0, 0.1) is 6.92 Å². The first-order valence-electron chi connectivity index (χ1n) is 5.72. The SMILES string of the molecule is Cc1cccc(CNCc2cc(C(=O)O)cs2)c1. The van der Waals surface area contributed by atoms with Crippen LogP contribution in [0.3, 0.4) is 0 Å². The molecule has 2 N–H and O–H groups in total. The van der Waals surface area contributed by atoms with E-state index in [9.17, 15) is 4.79 Å². The highest BCUT2D eigenvalue weighted by Gasteiger charge is 2.05. The van der Waals surface area contributed by atoms with Crippen molar-refractivity contribution in [3.63, 3.8) is 0 Å². The second-order valence-corrected chi connectivity index (χ2v) is 5.20. The Morgan fingerprint density at radius 2 is 2.17 bits per heavy atom. The number of benzene rings is 1. The minimum atomic E-state index is -0.865. The maximum absolute atomic E-state index is 10.7. The number of carboxylic acids is 1. The van der Waals surface area contributed by atoms with Crippen LogP contribution in [0.2, 0.25) is 0 Å². The van der Waals surface area contributed by atoms with Gasteiger partial charge < -0.3 is 10.4 Å². The van der Waals surface area contributed by atoms with E-state index in [0.717, 1.165) is 11.4 Å². The van der Waals surface area contributed by atoms with Crippen LogP contribution in [-0.2, 0) is 13.1 Å². The average molecular weight is 261 g/mol. The van der Waals surface area contributed by atoms with E-state index in [0.29, 0.717) is 12.1 Å². The number of carbonyl (C=O) groups is 1. The van der Waals surface area contributed by atoms with Crippen LogP contribution >= 0.6 is 11.3 Å². The molecular formula is C14H15NO2S. The summed E-state index contributed by atoms with van der Waals surface area (Å²) in [6.07, 6.45) is 0. The van der Waals surface area contributed by atoms with Gasteiger partial charge in [0.1, 0.15) is 0 Å². The van der Waals surface area contributed by atoms with E-state index in [-0.39, 0.29) is 0 Å². The Bertz CT molecular complexity index is 548. The van der Waals surface area contributed by atoms with Crippen molar-refractivity contribution in [3.8, 4) is 0 Å². The number of aryl methyl sites for hydroxylation is 1. The summed E-state index contributed by atoms with van der Waals surface area (Å²) < 4.78 is 0. The zero-order chi connectivity index (χ0) is 13.0. The minimum Gasteiger partial charge on any atom is -0.478 e. The van der Waals surface area contributed by atoms with Crippen LogP contribution in [0.1, 0.15) is 26.4 Å². The van der Waals surface area contributed by atoms with Crippen LogP contribution in [0.4, 0.5) is 0 Å². The highest BCUT2D eigenvalue weighted by Crippen LogP contribution is 2.14. The summed E-state index contributed by atoms with van der Waals surface area (Å²) in [4.78, 5) is 11.8. The zero-order valence-corrected chi connectivity index (χ0v) is 11.0. The van der Waals surface area contributed by atoms with Gasteiger partial charge in [-0.2, -0.15) is 0 Å². The molecule has 18 heavy (non-hydrogen) atoms. The molecule has 0 aliphatic rings. The highest BCUT2D eigenvalue weighted by molar-refractivity contribution is 7.10. The van der Waals surface area contributed by atoms with E-state index in [1.165, 1.54) is 22.5 Å². The molecule has 0 aliphatic heterocycles. The molecule has 0 radical (unpaired) electrons. The van der Waals surface area contributed by atoms with E-state index in [1.807, 2.05) is 6.07 Å². The molecule has 2 rings (SSSR count). The van der Waals surface area contributed by atoms with Crippen molar-refractivity contribution in [3.05, 3.63) is 57.3 Å². The van der Waals surface area contributed by atoms with Crippen molar-refractivity contribution in [1.29, 1.82) is 0 Å². The first-order valence-corrected chi connectivity index (χ1v) is 6.60. The average Bonchev–Trinajstić information content (AvgIpc) is 2.78. The number of rotatable bonds is 5. The molecule has 3 nitrogen and oxygen atoms in total. The van der Waals surface area contributed by atoms with Gasteiger partial charge in [0, 0.05) is 23.3 Å². The van der Waals surface area contributed by atoms with Crippen molar-refractivity contribution in [2.45, 2.75) is 20.0 Å². The largest absolute Gasteiger partial charge is 0.478 e. The summed E-state index contributed by atoms with van der Waals surface area (Å²) in [5.74, 6) is -0.865. The van der Waals surface area contributed by atoms with Crippen LogP contribution in [0.15, 0.2) is 35.7 Å². The van der Waals surface area contributed by atoms with Crippen LogP contribution < -0.4 is 5.32 Å². The molecule has 94 valence electrons. The third-order valence-corrected chi connectivity index (χ3v) is 3.55. The molecule has 0 aliphatic carbocycles. The summed E-state index contributed by atoms with van der Waals surface area (Å²) in [6, 6.07) is 10.1. The molecule has 1 aromatic carbocycles. The molecule has 2 aromatic rings. The fourth-order valence-corrected chi connectivity index (χ4v) is 2.57. The Labute approximate surface area is 110 Å². The fourth-order valence-electron chi connectivity index (χ4n) is 1.74. The summed E-state index contributed by atoms with van der Waals surface area (Å²) in [5, 5.41) is 13.8. The van der Waals surface area contributed by atoms with E-state index in [2.05, 4.69) is 30.4 Å². The van der Waals surface area contributed by atoms with Crippen molar-refractivity contribution in [2.24, 2.45) is 0 Å². The van der Waals surface area contributed by atoms with Gasteiger partial charge in [-0.25, -0.2) is 4.79 Å². The fraction of sp³-hybridized carbons (Fsp3) is 0.214. The quantitative estimate of drug-likeness (QED) is 0.869. The Kier molecular flexibility index (Phi) is 4.12. The lowest BCUT2D eigenvalue weighted by Crippen LogP contribution is -2.11. The molecule has 0 spiro atoms. The monoisotopic (exact) mass is 261 g/mol. The Morgan fingerprint density at radius 1 is 1.33 bits per heavy atom. The molecule has 0 fully saturated rings. The summed E-state index contributed by atoms with van der Waals surface area (Å²) in [5.41, 5.74) is 2.86. The standard InChI is InChI=1S/C14H15NO2S/c1-10-3-2-4-11(5-10)7-15-8-13-6-12(9-18-13)14(16)17/h2-6,9,15H,7-8H2,1H3,(H,16,17). The van der Waals surface area contributed by atoms with E-state index >= 15 is 0 Å². The van der Waals surface area contributed by atoms with Crippen molar-refractivity contribution in [2.75, 3.05) is 0 Å². The molecule has 0 saturated carbocycles. The van der Waals surface area contributed by atoms with Gasteiger partial charge in [-0.3, -0.25) is 0 Å². The maximum Gasteiger partial charge on any atom is 0.336 e. The predicted octanol–water partition coefficient (Wildman–Crippen LogP) is 3.04. The van der Waals surface area contributed by atoms with Crippen LogP contribution in [0.25, 0.3) is 0 Å². The Morgan fingerprint density at radius 3 is 2.83 bits per heavy atom. The molecule has 0 saturated heterocycles. The molecule has 1 heterocycles. The second-order valence-electron chi connectivity index (χ2n) is 4.20. The topological polar surface area (TPSA) is 49.3 Å². The van der Waals surface area contributed by atoms with Crippen LogP contribution in [0.5, 0.6) is 0 Å². The summed E-state index contributed by atoms with van der Waals surface area (Å²) in [6.45, 7) is 3.57. The van der Waals surface area contributed by atoms with Crippen molar-refractivity contribution < 1.29 is 9.90 Å². The number of aromatic carboxylic acids is 1. The van der Waals surface area contributed by atoms with E-state index in [4.69, 9.17) is 5.11 Å². The molecule has 0 atom stereocenters. The van der Waals surface area contributed by atoms with Crippen molar-refractivity contribution in [1.82, 2.24) is 5.32 Å². The number of hydrogen-bond acceptors (Lipinski definition) is 3. The first-order chi connectivity index (χ1) is 8.65. The summed E-state index contributed by atoms with van der Waals surface area (Å²) >= 11 is 1.47. The maximum atomic E-state index is 10.7. The third kappa shape index (κ3) is 3.42. The minimum absolute atomic E-state index is 0.368. The Hall–Kier alpha value is -1.65. The van der Waals surface area contributed by atoms with Gasteiger partial charge in [0.05, 0.1) is 5.56 Å². The molecule has 1 aromatic heterocycles.